The van der Waals surface area contributed by atoms with Crippen molar-refractivity contribution in [2.24, 2.45) is 5.73 Å². The number of nitrogens with one attached hydrogen (secondary N) is 2. The SMILES string of the molecule is CC(=N)N1CCCC1.N=C(N)c1ccc2ccc(CC(C(=O)O)c3ccc(O)cc3)cc2c1. The fourth-order valence-electron chi connectivity index (χ4n) is 3.93. The highest BCUT2D eigenvalue weighted by molar-refractivity contribution is 5.99. The van der Waals surface area contributed by atoms with E-state index >= 15 is 0 Å². The standard InChI is InChI=1S/C20H18N2O3.C6H12N2/c21-19(22)15-4-3-13-2-1-12(9-16(13)11-15)10-18(20(24)25)14-5-7-17(23)8-6-14;1-6(7)8-4-2-3-5-8/h1-9,11,18,23H,10H2,(H3,21,22)(H,24,25);7H,2-5H2,1H3. The van der Waals surface area contributed by atoms with Crippen LogP contribution in [0.5, 0.6) is 5.75 Å². The molecule has 172 valence electrons. The highest BCUT2D eigenvalue weighted by Crippen LogP contribution is 2.26. The van der Waals surface area contributed by atoms with Crippen molar-refractivity contribution in [2.75, 3.05) is 13.1 Å². The summed E-state index contributed by atoms with van der Waals surface area (Å²) in [5.41, 5.74) is 7.70. The number of rotatable bonds is 5. The van der Waals surface area contributed by atoms with E-state index in [0.29, 0.717) is 17.5 Å². The molecule has 1 aliphatic heterocycles. The summed E-state index contributed by atoms with van der Waals surface area (Å²) in [6.45, 7) is 4.07. The lowest BCUT2D eigenvalue weighted by molar-refractivity contribution is -0.138. The Kier molecular flexibility index (Phi) is 7.66. The maximum absolute atomic E-state index is 11.7. The highest BCUT2D eigenvalue weighted by Gasteiger charge is 2.20. The Morgan fingerprint density at radius 3 is 2.18 bits per heavy atom. The first-order chi connectivity index (χ1) is 15.7. The summed E-state index contributed by atoms with van der Waals surface area (Å²) >= 11 is 0. The van der Waals surface area contributed by atoms with Crippen molar-refractivity contribution in [3.63, 3.8) is 0 Å². The third kappa shape index (κ3) is 6.32. The van der Waals surface area contributed by atoms with Crippen molar-refractivity contribution in [2.45, 2.75) is 32.1 Å². The summed E-state index contributed by atoms with van der Waals surface area (Å²) in [6, 6.07) is 17.5. The molecule has 0 bridgehead atoms. The molecule has 7 heteroatoms. The molecule has 3 aromatic carbocycles. The minimum Gasteiger partial charge on any atom is -0.508 e. The van der Waals surface area contributed by atoms with Gasteiger partial charge in [0, 0.05) is 18.7 Å². The van der Waals surface area contributed by atoms with Crippen LogP contribution in [0.25, 0.3) is 10.8 Å². The lowest BCUT2D eigenvalue weighted by atomic mass is 9.91. The number of carboxylic acids is 1. The molecule has 1 atom stereocenters. The van der Waals surface area contributed by atoms with Gasteiger partial charge in [-0.3, -0.25) is 15.6 Å². The summed E-state index contributed by atoms with van der Waals surface area (Å²) in [5.74, 6) is -0.782. The molecule has 0 amide bonds. The number of phenols is 1. The van der Waals surface area contributed by atoms with E-state index in [2.05, 4.69) is 4.90 Å². The molecule has 0 aliphatic carbocycles. The zero-order valence-electron chi connectivity index (χ0n) is 18.7. The lowest BCUT2D eigenvalue weighted by Gasteiger charge is -2.14. The second kappa shape index (κ2) is 10.6. The van der Waals surface area contributed by atoms with Crippen molar-refractivity contribution in [1.29, 1.82) is 10.8 Å². The van der Waals surface area contributed by atoms with Crippen LogP contribution in [0.3, 0.4) is 0 Å². The van der Waals surface area contributed by atoms with Crippen LogP contribution in [0.4, 0.5) is 0 Å². The number of hydrogen-bond donors (Lipinski definition) is 5. The molecule has 3 aromatic rings. The number of amidine groups is 2. The number of nitrogen functional groups attached to an aromatic ring is 1. The topological polar surface area (TPSA) is 134 Å². The van der Waals surface area contributed by atoms with Gasteiger partial charge in [-0.25, -0.2) is 0 Å². The van der Waals surface area contributed by atoms with Crippen LogP contribution in [0.15, 0.2) is 60.7 Å². The number of fused-ring (bicyclic) bond motifs is 1. The van der Waals surface area contributed by atoms with Gasteiger partial charge in [0.25, 0.3) is 0 Å². The van der Waals surface area contributed by atoms with Crippen LogP contribution in [-0.2, 0) is 11.2 Å². The summed E-state index contributed by atoms with van der Waals surface area (Å²) in [4.78, 5) is 13.8. The number of nitrogens with zero attached hydrogens (tertiary/aromatic N) is 1. The molecule has 0 spiro atoms. The summed E-state index contributed by atoms with van der Waals surface area (Å²) in [6.07, 6.45) is 2.88. The Labute approximate surface area is 193 Å². The van der Waals surface area contributed by atoms with Crippen LogP contribution in [0.1, 0.15) is 42.4 Å². The summed E-state index contributed by atoms with van der Waals surface area (Å²) in [5, 5.41) is 35.6. The monoisotopic (exact) mass is 446 g/mol. The van der Waals surface area contributed by atoms with Crippen LogP contribution >= 0.6 is 0 Å². The molecule has 0 aromatic heterocycles. The van der Waals surface area contributed by atoms with Gasteiger partial charge >= 0.3 is 5.97 Å². The second-order valence-electron chi connectivity index (χ2n) is 8.28. The fourth-order valence-corrected chi connectivity index (χ4v) is 3.93. The molecule has 7 nitrogen and oxygen atoms in total. The molecule has 1 heterocycles. The third-order valence-electron chi connectivity index (χ3n) is 5.83. The van der Waals surface area contributed by atoms with E-state index in [0.717, 1.165) is 35.3 Å². The number of hydrogen-bond acceptors (Lipinski definition) is 4. The van der Waals surface area contributed by atoms with Crippen LogP contribution in [0.2, 0.25) is 0 Å². The number of aromatic hydroxyl groups is 1. The predicted octanol–water partition coefficient (Wildman–Crippen LogP) is 4.32. The van der Waals surface area contributed by atoms with Gasteiger partial charge in [-0.15, -0.1) is 0 Å². The summed E-state index contributed by atoms with van der Waals surface area (Å²) in [7, 11) is 0. The molecule has 1 unspecified atom stereocenters. The van der Waals surface area contributed by atoms with Gasteiger partial charge in [-0.2, -0.15) is 0 Å². The average Bonchev–Trinajstić information content (AvgIpc) is 3.33. The molecule has 1 aliphatic rings. The molecular formula is C26H30N4O3. The Balaban J connectivity index is 0.000000323. The molecule has 6 N–H and O–H groups in total. The van der Waals surface area contributed by atoms with Gasteiger partial charge in [-0.1, -0.05) is 42.5 Å². The zero-order valence-corrected chi connectivity index (χ0v) is 18.7. The predicted molar refractivity (Wildman–Crippen MR) is 131 cm³/mol. The Morgan fingerprint density at radius 1 is 1.00 bits per heavy atom. The van der Waals surface area contributed by atoms with Crippen LogP contribution in [-0.4, -0.2) is 45.8 Å². The number of carbonyl (C=O) groups is 1. The minimum atomic E-state index is -0.914. The van der Waals surface area contributed by atoms with Crippen LogP contribution in [0, 0.1) is 10.8 Å². The van der Waals surface area contributed by atoms with E-state index in [1.807, 2.05) is 37.3 Å². The van der Waals surface area contributed by atoms with Crippen molar-refractivity contribution < 1.29 is 15.0 Å². The normalized spacial score (nSPS) is 13.8. The second-order valence-corrected chi connectivity index (χ2v) is 8.28. The minimum absolute atomic E-state index is 0.000177. The number of aliphatic carboxylic acids is 1. The number of likely N-dealkylation sites (tertiary alicyclic amines) is 1. The molecule has 0 radical (unpaired) electrons. The first-order valence-corrected chi connectivity index (χ1v) is 10.9. The Morgan fingerprint density at radius 2 is 1.64 bits per heavy atom. The van der Waals surface area contributed by atoms with Gasteiger partial charge in [0.15, 0.2) is 0 Å². The molecular weight excluding hydrogens is 416 g/mol. The van der Waals surface area contributed by atoms with E-state index in [4.69, 9.17) is 16.6 Å². The molecule has 1 saturated heterocycles. The van der Waals surface area contributed by atoms with E-state index in [1.165, 1.54) is 25.0 Å². The lowest BCUT2D eigenvalue weighted by Crippen LogP contribution is -2.23. The molecule has 1 fully saturated rings. The number of carboxylic acid groups (broad SMARTS) is 1. The Bertz CT molecular complexity index is 1150. The highest BCUT2D eigenvalue weighted by atomic mass is 16.4. The Hall–Kier alpha value is -3.87. The quantitative estimate of drug-likeness (QED) is 0.294. The number of benzene rings is 3. The van der Waals surface area contributed by atoms with Gasteiger partial charge in [-0.05, 0) is 66.3 Å². The maximum atomic E-state index is 11.7. The van der Waals surface area contributed by atoms with Crippen molar-refractivity contribution >= 4 is 28.4 Å². The smallest absolute Gasteiger partial charge is 0.311 e. The van der Waals surface area contributed by atoms with Gasteiger partial charge in [0.2, 0.25) is 0 Å². The van der Waals surface area contributed by atoms with Crippen molar-refractivity contribution in [3.05, 3.63) is 77.4 Å². The molecule has 4 rings (SSSR count). The van der Waals surface area contributed by atoms with E-state index in [9.17, 15) is 15.0 Å². The largest absolute Gasteiger partial charge is 0.508 e. The third-order valence-corrected chi connectivity index (χ3v) is 5.83. The van der Waals surface area contributed by atoms with Crippen LogP contribution < -0.4 is 5.73 Å². The first-order valence-electron chi connectivity index (χ1n) is 10.9. The molecule has 0 saturated carbocycles. The summed E-state index contributed by atoms with van der Waals surface area (Å²) < 4.78 is 0. The van der Waals surface area contributed by atoms with E-state index in [-0.39, 0.29) is 11.6 Å². The van der Waals surface area contributed by atoms with Crippen molar-refractivity contribution in [1.82, 2.24) is 4.90 Å². The number of phenolic OH excluding ortho intramolecular Hbond substituents is 1. The van der Waals surface area contributed by atoms with Gasteiger partial charge in [0.05, 0.1) is 11.8 Å². The average molecular weight is 447 g/mol. The van der Waals surface area contributed by atoms with Crippen molar-refractivity contribution in [3.8, 4) is 5.75 Å². The fraction of sp³-hybridized carbons (Fsp3) is 0.269. The van der Waals surface area contributed by atoms with E-state index < -0.39 is 11.9 Å². The maximum Gasteiger partial charge on any atom is 0.311 e. The molecule has 33 heavy (non-hydrogen) atoms. The van der Waals surface area contributed by atoms with Gasteiger partial charge in [0.1, 0.15) is 11.6 Å². The first kappa shape index (κ1) is 23.8. The van der Waals surface area contributed by atoms with E-state index in [1.54, 1.807) is 18.2 Å². The van der Waals surface area contributed by atoms with Gasteiger partial charge < -0.3 is 20.8 Å². The number of nitrogens with two attached hydrogens (primary N) is 1. The zero-order chi connectivity index (χ0) is 24.0.